The highest BCUT2D eigenvalue weighted by atomic mass is 16.5. The number of anilines is 1. The summed E-state index contributed by atoms with van der Waals surface area (Å²) >= 11 is 0. The molecular weight excluding hydrogens is 244 g/mol. The van der Waals surface area contributed by atoms with Crippen molar-refractivity contribution in [3.63, 3.8) is 0 Å². The van der Waals surface area contributed by atoms with Crippen molar-refractivity contribution in [1.82, 2.24) is 4.90 Å². The number of rotatable bonds is 7. The van der Waals surface area contributed by atoms with Crippen molar-refractivity contribution in [2.24, 2.45) is 0 Å². The lowest BCUT2D eigenvalue weighted by Gasteiger charge is -2.26. The van der Waals surface area contributed by atoms with E-state index in [0.717, 1.165) is 0 Å². The van der Waals surface area contributed by atoms with Crippen molar-refractivity contribution in [2.45, 2.75) is 26.3 Å². The van der Waals surface area contributed by atoms with Crippen LogP contribution in [0.15, 0.2) is 24.3 Å². The maximum absolute atomic E-state index is 12.0. The van der Waals surface area contributed by atoms with Crippen LogP contribution in [0.2, 0.25) is 0 Å². The van der Waals surface area contributed by atoms with E-state index in [1.165, 1.54) is 0 Å². The standard InChI is InChI=1S/C14H22N2O3/c1-11(2)16(8-3-9-17)14(18)10-19-13-6-4-12(15)5-7-13/h4-7,11,17H,3,8-10,15H2,1-2H3. The number of hydrogen-bond donors (Lipinski definition) is 2. The van der Waals surface area contributed by atoms with Crippen LogP contribution >= 0.6 is 0 Å². The molecule has 106 valence electrons. The first kappa shape index (κ1) is 15.3. The number of aliphatic hydroxyl groups excluding tert-OH is 1. The predicted molar refractivity (Wildman–Crippen MR) is 74.9 cm³/mol. The fourth-order valence-electron chi connectivity index (χ4n) is 1.70. The van der Waals surface area contributed by atoms with E-state index in [1.54, 1.807) is 29.2 Å². The highest BCUT2D eigenvalue weighted by Crippen LogP contribution is 2.13. The monoisotopic (exact) mass is 266 g/mol. The van der Waals surface area contributed by atoms with E-state index in [-0.39, 0.29) is 25.2 Å². The van der Waals surface area contributed by atoms with Crippen LogP contribution in [-0.4, -0.2) is 41.7 Å². The average Bonchev–Trinajstić information content (AvgIpc) is 2.38. The highest BCUT2D eigenvalue weighted by Gasteiger charge is 2.16. The first-order chi connectivity index (χ1) is 9.04. The Morgan fingerprint density at radius 3 is 2.53 bits per heavy atom. The lowest BCUT2D eigenvalue weighted by atomic mass is 10.3. The number of nitrogens with zero attached hydrogens (tertiary/aromatic N) is 1. The molecule has 0 saturated carbocycles. The van der Waals surface area contributed by atoms with E-state index in [0.29, 0.717) is 24.4 Å². The predicted octanol–water partition coefficient (Wildman–Crippen LogP) is 1.27. The summed E-state index contributed by atoms with van der Waals surface area (Å²) in [6.07, 6.45) is 0.575. The minimum atomic E-state index is -0.0831. The van der Waals surface area contributed by atoms with Crippen LogP contribution in [0, 0.1) is 0 Å². The van der Waals surface area contributed by atoms with Crippen LogP contribution < -0.4 is 10.5 Å². The summed E-state index contributed by atoms with van der Waals surface area (Å²) in [5.41, 5.74) is 6.23. The molecule has 0 spiro atoms. The molecule has 1 amide bonds. The van der Waals surface area contributed by atoms with Gasteiger partial charge in [0.25, 0.3) is 5.91 Å². The zero-order valence-electron chi connectivity index (χ0n) is 11.5. The van der Waals surface area contributed by atoms with E-state index in [4.69, 9.17) is 15.6 Å². The van der Waals surface area contributed by atoms with Gasteiger partial charge in [-0.05, 0) is 44.5 Å². The van der Waals surface area contributed by atoms with Crippen molar-refractivity contribution >= 4 is 11.6 Å². The van der Waals surface area contributed by atoms with E-state index in [9.17, 15) is 4.79 Å². The largest absolute Gasteiger partial charge is 0.484 e. The molecule has 5 nitrogen and oxygen atoms in total. The van der Waals surface area contributed by atoms with Gasteiger partial charge in [0.1, 0.15) is 5.75 Å². The summed E-state index contributed by atoms with van der Waals surface area (Å²) in [4.78, 5) is 13.7. The van der Waals surface area contributed by atoms with Gasteiger partial charge in [-0.2, -0.15) is 0 Å². The SMILES string of the molecule is CC(C)N(CCCO)C(=O)COc1ccc(N)cc1. The third-order valence-electron chi connectivity index (χ3n) is 2.74. The van der Waals surface area contributed by atoms with Gasteiger partial charge >= 0.3 is 0 Å². The van der Waals surface area contributed by atoms with Crippen LogP contribution in [-0.2, 0) is 4.79 Å². The van der Waals surface area contributed by atoms with Gasteiger partial charge in [-0.15, -0.1) is 0 Å². The van der Waals surface area contributed by atoms with Crippen LogP contribution in [0.25, 0.3) is 0 Å². The Morgan fingerprint density at radius 2 is 2.00 bits per heavy atom. The molecule has 3 N–H and O–H groups in total. The molecule has 0 aliphatic carbocycles. The van der Waals surface area contributed by atoms with Crippen molar-refractivity contribution in [2.75, 3.05) is 25.5 Å². The van der Waals surface area contributed by atoms with Crippen molar-refractivity contribution < 1.29 is 14.6 Å². The third-order valence-corrected chi connectivity index (χ3v) is 2.74. The van der Waals surface area contributed by atoms with Crippen molar-refractivity contribution in [1.29, 1.82) is 0 Å². The van der Waals surface area contributed by atoms with Crippen molar-refractivity contribution in [3.8, 4) is 5.75 Å². The quantitative estimate of drug-likeness (QED) is 0.729. The second-order valence-corrected chi connectivity index (χ2v) is 4.62. The number of carbonyl (C=O) groups is 1. The number of carbonyl (C=O) groups excluding carboxylic acids is 1. The topological polar surface area (TPSA) is 75.8 Å². The number of aliphatic hydroxyl groups is 1. The first-order valence-electron chi connectivity index (χ1n) is 6.43. The maximum Gasteiger partial charge on any atom is 0.260 e. The van der Waals surface area contributed by atoms with Crippen LogP contribution in [0.3, 0.4) is 0 Å². The van der Waals surface area contributed by atoms with Gasteiger partial charge in [-0.3, -0.25) is 4.79 Å². The van der Waals surface area contributed by atoms with Gasteiger partial charge in [0.2, 0.25) is 0 Å². The van der Waals surface area contributed by atoms with Crippen LogP contribution in [0.5, 0.6) is 5.75 Å². The van der Waals surface area contributed by atoms with Gasteiger partial charge in [-0.1, -0.05) is 0 Å². The van der Waals surface area contributed by atoms with Gasteiger partial charge in [0.15, 0.2) is 6.61 Å². The minimum Gasteiger partial charge on any atom is -0.484 e. The normalized spacial score (nSPS) is 10.5. The number of nitrogens with two attached hydrogens (primary N) is 1. The second kappa shape index (κ2) is 7.63. The fourth-order valence-corrected chi connectivity index (χ4v) is 1.70. The molecule has 0 radical (unpaired) electrons. The third kappa shape index (κ3) is 5.18. The summed E-state index contributed by atoms with van der Waals surface area (Å²) in [7, 11) is 0. The summed E-state index contributed by atoms with van der Waals surface area (Å²) < 4.78 is 5.42. The molecular formula is C14H22N2O3. The average molecular weight is 266 g/mol. The Balaban J connectivity index is 2.49. The molecule has 0 bridgehead atoms. The lowest BCUT2D eigenvalue weighted by molar-refractivity contribution is -0.135. The van der Waals surface area contributed by atoms with E-state index in [1.807, 2.05) is 13.8 Å². The number of benzene rings is 1. The molecule has 1 rings (SSSR count). The van der Waals surface area contributed by atoms with Crippen molar-refractivity contribution in [3.05, 3.63) is 24.3 Å². The van der Waals surface area contributed by atoms with Gasteiger partial charge in [0, 0.05) is 24.9 Å². The molecule has 0 heterocycles. The molecule has 0 unspecified atom stereocenters. The number of nitrogen functional groups attached to an aromatic ring is 1. The Hall–Kier alpha value is -1.75. The van der Waals surface area contributed by atoms with Crippen LogP contribution in [0.4, 0.5) is 5.69 Å². The summed E-state index contributed by atoms with van der Waals surface area (Å²) in [6.45, 7) is 4.50. The molecule has 0 aromatic heterocycles. The zero-order chi connectivity index (χ0) is 14.3. The van der Waals surface area contributed by atoms with Gasteiger partial charge < -0.3 is 20.5 Å². The number of hydrogen-bond acceptors (Lipinski definition) is 4. The highest BCUT2D eigenvalue weighted by molar-refractivity contribution is 5.78. The maximum atomic E-state index is 12.0. The molecule has 5 heteroatoms. The Bertz CT molecular complexity index is 390. The molecule has 1 aromatic carbocycles. The Morgan fingerprint density at radius 1 is 1.37 bits per heavy atom. The fraction of sp³-hybridized carbons (Fsp3) is 0.500. The number of amides is 1. The molecule has 0 aliphatic heterocycles. The summed E-state index contributed by atoms with van der Waals surface area (Å²) in [5, 5.41) is 8.83. The van der Waals surface area contributed by atoms with E-state index < -0.39 is 0 Å². The van der Waals surface area contributed by atoms with E-state index in [2.05, 4.69) is 0 Å². The lowest BCUT2D eigenvalue weighted by Crippen LogP contribution is -2.40. The Kier molecular flexibility index (Phi) is 6.15. The summed E-state index contributed by atoms with van der Waals surface area (Å²) in [6, 6.07) is 7.01. The smallest absolute Gasteiger partial charge is 0.260 e. The van der Waals surface area contributed by atoms with Gasteiger partial charge in [0.05, 0.1) is 0 Å². The molecule has 0 saturated heterocycles. The van der Waals surface area contributed by atoms with Gasteiger partial charge in [-0.25, -0.2) is 0 Å². The molecule has 1 aromatic rings. The van der Waals surface area contributed by atoms with Crippen LogP contribution in [0.1, 0.15) is 20.3 Å². The molecule has 0 atom stereocenters. The minimum absolute atomic E-state index is 0.00642. The molecule has 19 heavy (non-hydrogen) atoms. The zero-order valence-corrected chi connectivity index (χ0v) is 11.5. The first-order valence-corrected chi connectivity index (χ1v) is 6.43. The molecule has 0 fully saturated rings. The second-order valence-electron chi connectivity index (χ2n) is 4.62. The summed E-state index contributed by atoms with van der Waals surface area (Å²) in [5.74, 6) is 0.536. The molecule has 0 aliphatic rings. The number of ether oxygens (including phenoxy) is 1. The van der Waals surface area contributed by atoms with E-state index >= 15 is 0 Å². The Labute approximate surface area is 114 Å².